The zero-order chi connectivity index (χ0) is 13.4. The van der Waals surface area contributed by atoms with Crippen LogP contribution in [0.15, 0.2) is 52.1 Å². The van der Waals surface area contributed by atoms with Crippen LogP contribution >= 0.6 is 0 Å². The summed E-state index contributed by atoms with van der Waals surface area (Å²) in [4.78, 5) is 25.3. The van der Waals surface area contributed by atoms with Crippen molar-refractivity contribution in [2.45, 2.75) is 18.5 Å². The molecule has 100 valence electrons. The van der Waals surface area contributed by atoms with Crippen molar-refractivity contribution >= 4 is 0 Å². The van der Waals surface area contributed by atoms with Crippen LogP contribution in [0, 0.1) is 11.8 Å². The van der Waals surface area contributed by atoms with Crippen LogP contribution in [0.5, 0.6) is 0 Å². The van der Waals surface area contributed by atoms with Crippen LogP contribution in [-0.2, 0) is 0 Å². The van der Waals surface area contributed by atoms with Gasteiger partial charge in [-0.05, 0) is 30.4 Å². The zero-order valence-electron chi connectivity index (χ0n) is 10.7. The van der Waals surface area contributed by atoms with E-state index >= 15 is 0 Å². The first-order valence-electron chi connectivity index (χ1n) is 6.97. The number of nitrogens with zero attached hydrogens (tertiary/aromatic N) is 3. The average Bonchev–Trinajstić information content (AvgIpc) is 3.25. The molecule has 2 aliphatic heterocycles. The van der Waals surface area contributed by atoms with Gasteiger partial charge in [-0.2, -0.15) is 0 Å². The molecule has 2 bridgehead atoms. The van der Waals surface area contributed by atoms with Gasteiger partial charge in [0.25, 0.3) is 0 Å². The van der Waals surface area contributed by atoms with Gasteiger partial charge in [-0.15, -0.1) is 0 Å². The fourth-order valence-electron chi connectivity index (χ4n) is 3.87. The van der Waals surface area contributed by atoms with Gasteiger partial charge in [0.15, 0.2) is 0 Å². The molecule has 4 atom stereocenters. The van der Waals surface area contributed by atoms with Gasteiger partial charge in [0.05, 0.1) is 17.8 Å². The third kappa shape index (κ3) is 1.06. The number of hydrogen-bond acceptors (Lipinski definition) is 2. The fourth-order valence-corrected chi connectivity index (χ4v) is 3.87. The molecule has 0 unspecified atom stereocenters. The standard InChI is InChI=1S/C15H13N3O2/c19-14-16(9-4-2-1-3-5-9)15(20)18-13-7-6-12(17(14)18)10-8-11(10)13/h1-7,10-13H,8H2/t10-,11-,12+,13+/m1/s1. The zero-order valence-corrected chi connectivity index (χ0v) is 10.7. The maximum atomic E-state index is 12.7. The molecule has 1 fully saturated rings. The van der Waals surface area contributed by atoms with Crippen molar-refractivity contribution in [3.8, 4) is 5.69 Å². The summed E-state index contributed by atoms with van der Waals surface area (Å²) in [7, 11) is 0. The van der Waals surface area contributed by atoms with E-state index in [-0.39, 0.29) is 23.5 Å². The largest absolute Gasteiger partial charge is 0.352 e. The topological polar surface area (TPSA) is 48.9 Å². The van der Waals surface area contributed by atoms with E-state index in [1.807, 2.05) is 18.2 Å². The summed E-state index contributed by atoms with van der Waals surface area (Å²) in [6.45, 7) is 0. The summed E-state index contributed by atoms with van der Waals surface area (Å²) in [5, 5.41) is 0. The van der Waals surface area contributed by atoms with Gasteiger partial charge < -0.3 is 0 Å². The lowest BCUT2D eigenvalue weighted by atomic mass is 9.96. The van der Waals surface area contributed by atoms with E-state index in [9.17, 15) is 9.59 Å². The van der Waals surface area contributed by atoms with Crippen molar-refractivity contribution in [1.82, 2.24) is 13.9 Å². The number of benzene rings is 1. The van der Waals surface area contributed by atoms with E-state index in [1.54, 1.807) is 21.5 Å². The minimum Gasteiger partial charge on any atom is -0.245 e. The molecular formula is C15H13N3O2. The molecule has 0 radical (unpaired) electrons. The second kappa shape index (κ2) is 3.23. The van der Waals surface area contributed by atoms with Crippen LogP contribution in [0.4, 0.5) is 0 Å². The monoisotopic (exact) mass is 267 g/mol. The lowest BCUT2D eigenvalue weighted by Gasteiger charge is -2.32. The Kier molecular flexibility index (Phi) is 1.69. The van der Waals surface area contributed by atoms with Gasteiger partial charge in [0.1, 0.15) is 0 Å². The molecule has 1 aromatic heterocycles. The number of para-hydroxylation sites is 1. The molecule has 0 amide bonds. The van der Waals surface area contributed by atoms with Crippen molar-refractivity contribution in [3.05, 3.63) is 63.5 Å². The summed E-state index contributed by atoms with van der Waals surface area (Å²) in [5.41, 5.74) is 0.210. The van der Waals surface area contributed by atoms with Crippen LogP contribution in [-0.4, -0.2) is 13.9 Å². The molecule has 20 heavy (non-hydrogen) atoms. The van der Waals surface area contributed by atoms with E-state index in [0.29, 0.717) is 17.5 Å². The summed E-state index contributed by atoms with van der Waals surface area (Å²) < 4.78 is 4.61. The average molecular weight is 267 g/mol. The Morgan fingerprint density at radius 3 is 1.95 bits per heavy atom. The van der Waals surface area contributed by atoms with Gasteiger partial charge in [-0.1, -0.05) is 30.4 Å². The van der Waals surface area contributed by atoms with Crippen LogP contribution in [0.2, 0.25) is 0 Å². The van der Waals surface area contributed by atoms with Crippen molar-refractivity contribution in [2.24, 2.45) is 11.8 Å². The quantitative estimate of drug-likeness (QED) is 0.727. The molecule has 5 nitrogen and oxygen atoms in total. The number of rotatable bonds is 1. The highest BCUT2D eigenvalue weighted by Crippen LogP contribution is 2.58. The highest BCUT2D eigenvalue weighted by atomic mass is 16.2. The third-order valence-corrected chi connectivity index (χ3v) is 4.86. The molecule has 2 aliphatic carbocycles. The maximum Gasteiger partial charge on any atom is 0.352 e. The molecule has 0 saturated heterocycles. The Morgan fingerprint density at radius 2 is 1.40 bits per heavy atom. The molecular weight excluding hydrogens is 254 g/mol. The van der Waals surface area contributed by atoms with Gasteiger partial charge in [0, 0.05) is 0 Å². The SMILES string of the molecule is O=c1n(-c2ccccc2)c(=O)n2n1[C@H]1C=C[C@H]2[C@@H]2C[C@H]21. The summed E-state index contributed by atoms with van der Waals surface area (Å²) in [6, 6.07) is 9.28. The molecule has 6 rings (SSSR count). The van der Waals surface area contributed by atoms with E-state index in [2.05, 4.69) is 12.2 Å². The molecule has 5 heteroatoms. The van der Waals surface area contributed by atoms with Gasteiger partial charge >= 0.3 is 11.4 Å². The Bertz CT molecular complexity index is 806. The summed E-state index contributed by atoms with van der Waals surface area (Å²) in [5.74, 6) is 1.10. The van der Waals surface area contributed by atoms with Crippen LogP contribution in [0.3, 0.4) is 0 Å². The fraction of sp³-hybridized carbons (Fsp3) is 0.333. The predicted octanol–water partition coefficient (Wildman–Crippen LogP) is 1.10. The molecule has 3 heterocycles. The third-order valence-electron chi connectivity index (χ3n) is 4.86. The first-order valence-corrected chi connectivity index (χ1v) is 6.97. The Labute approximate surface area is 114 Å². The van der Waals surface area contributed by atoms with Gasteiger partial charge in [-0.3, -0.25) is 0 Å². The smallest absolute Gasteiger partial charge is 0.245 e. The van der Waals surface area contributed by atoms with Crippen molar-refractivity contribution in [3.63, 3.8) is 0 Å². The first kappa shape index (κ1) is 10.5. The molecule has 1 aromatic carbocycles. The molecule has 2 aromatic rings. The molecule has 1 saturated carbocycles. The lowest BCUT2D eigenvalue weighted by Crippen LogP contribution is -2.40. The number of allylic oxidation sites excluding steroid dienone is 2. The first-order chi connectivity index (χ1) is 9.77. The summed E-state index contributed by atoms with van der Waals surface area (Å²) in [6.07, 6.45) is 5.31. The van der Waals surface area contributed by atoms with Crippen LogP contribution < -0.4 is 11.4 Å². The molecule has 4 aliphatic rings. The Balaban J connectivity index is 1.84. The Hall–Kier alpha value is -2.30. The molecule has 0 spiro atoms. The minimum absolute atomic E-state index is 0.0650. The number of hydrogen-bond donors (Lipinski definition) is 0. The van der Waals surface area contributed by atoms with E-state index in [1.165, 1.54) is 4.57 Å². The van der Waals surface area contributed by atoms with Crippen molar-refractivity contribution in [1.29, 1.82) is 0 Å². The van der Waals surface area contributed by atoms with E-state index in [0.717, 1.165) is 6.42 Å². The normalized spacial score (nSPS) is 32.0. The minimum atomic E-state index is -0.217. The second-order valence-corrected chi connectivity index (χ2v) is 5.85. The van der Waals surface area contributed by atoms with Crippen molar-refractivity contribution in [2.75, 3.05) is 0 Å². The summed E-state index contributed by atoms with van der Waals surface area (Å²) >= 11 is 0. The van der Waals surface area contributed by atoms with Crippen LogP contribution in [0.25, 0.3) is 5.69 Å². The second-order valence-electron chi connectivity index (χ2n) is 5.85. The maximum absolute atomic E-state index is 12.7. The van der Waals surface area contributed by atoms with Crippen LogP contribution in [0.1, 0.15) is 18.5 Å². The van der Waals surface area contributed by atoms with Gasteiger partial charge in [0.2, 0.25) is 0 Å². The predicted molar refractivity (Wildman–Crippen MR) is 73.1 cm³/mol. The highest BCUT2D eigenvalue weighted by molar-refractivity contribution is 5.31. The van der Waals surface area contributed by atoms with E-state index in [4.69, 9.17) is 0 Å². The van der Waals surface area contributed by atoms with E-state index < -0.39 is 0 Å². The number of aromatic nitrogens is 3. The molecule has 0 N–H and O–H groups in total. The Morgan fingerprint density at radius 1 is 0.850 bits per heavy atom. The highest BCUT2D eigenvalue weighted by Gasteiger charge is 2.56. The van der Waals surface area contributed by atoms with Crippen molar-refractivity contribution < 1.29 is 0 Å². The van der Waals surface area contributed by atoms with Gasteiger partial charge in [-0.25, -0.2) is 23.5 Å². The lowest BCUT2D eigenvalue weighted by molar-refractivity contribution is 0.243.